The molecule has 0 heterocycles. The fourth-order valence-electron chi connectivity index (χ4n) is 2.35. The summed E-state index contributed by atoms with van der Waals surface area (Å²) in [7, 11) is 1.66. The van der Waals surface area contributed by atoms with E-state index in [2.05, 4.69) is 12.1 Å². The normalized spacial score (nSPS) is 11.7. The van der Waals surface area contributed by atoms with Gasteiger partial charge in [-0.2, -0.15) is 0 Å². The van der Waals surface area contributed by atoms with Crippen LogP contribution in [0.2, 0.25) is 5.02 Å². The molecule has 0 atom stereocenters. The van der Waals surface area contributed by atoms with E-state index in [9.17, 15) is 0 Å². The van der Waals surface area contributed by atoms with E-state index in [1.54, 1.807) is 7.11 Å². The number of ether oxygens (including phenoxy) is 1. The number of hydrogen-bond donors (Lipinski definition) is 0. The molecule has 0 amide bonds. The van der Waals surface area contributed by atoms with Crippen molar-refractivity contribution in [2.24, 2.45) is 4.99 Å². The van der Waals surface area contributed by atoms with Gasteiger partial charge >= 0.3 is 0 Å². The molecule has 0 unspecified atom stereocenters. The Morgan fingerprint density at radius 3 is 2.20 bits per heavy atom. The van der Waals surface area contributed by atoms with Gasteiger partial charge in [-0.3, -0.25) is 0 Å². The van der Waals surface area contributed by atoms with E-state index in [4.69, 9.17) is 21.3 Å². The molecule has 3 aromatic rings. The summed E-state index contributed by atoms with van der Waals surface area (Å²) < 4.78 is 5.20. The number of benzene rings is 3. The number of nitrogens with zero attached hydrogens (tertiary/aromatic N) is 1. The molecule has 3 aromatic carbocycles. The smallest absolute Gasteiger partial charge is 0.119 e. The summed E-state index contributed by atoms with van der Waals surface area (Å²) in [6.07, 6.45) is 4.05. The molecule has 0 aliphatic carbocycles. The molecule has 0 bridgehead atoms. The highest BCUT2D eigenvalue weighted by Crippen LogP contribution is 2.20. The topological polar surface area (TPSA) is 21.6 Å². The van der Waals surface area contributed by atoms with Crippen molar-refractivity contribution >= 4 is 29.1 Å². The third kappa shape index (κ3) is 4.82. The molecule has 2 nitrogen and oxygen atoms in total. The van der Waals surface area contributed by atoms with Gasteiger partial charge in [0, 0.05) is 10.6 Å². The maximum atomic E-state index is 5.94. The van der Waals surface area contributed by atoms with Crippen LogP contribution in [0, 0.1) is 0 Å². The Morgan fingerprint density at radius 1 is 0.880 bits per heavy atom. The fourth-order valence-corrected chi connectivity index (χ4v) is 2.48. The monoisotopic (exact) mass is 347 g/mol. The molecular weight excluding hydrogens is 330 g/mol. The van der Waals surface area contributed by atoms with Gasteiger partial charge in [0.15, 0.2) is 0 Å². The molecular formula is C22H18ClNO. The second-order valence-electron chi connectivity index (χ2n) is 5.45. The molecule has 0 aliphatic heterocycles. The number of methoxy groups -OCH3 is 1. The average Bonchev–Trinajstić information content (AvgIpc) is 2.67. The second kappa shape index (κ2) is 8.32. The molecule has 0 aliphatic rings. The number of hydrogen-bond acceptors (Lipinski definition) is 2. The highest BCUT2D eigenvalue weighted by molar-refractivity contribution is 6.30. The van der Waals surface area contributed by atoms with Crippen molar-refractivity contribution in [1.29, 1.82) is 0 Å². The Kier molecular flexibility index (Phi) is 5.65. The van der Waals surface area contributed by atoms with Gasteiger partial charge < -0.3 is 4.74 Å². The minimum absolute atomic E-state index is 0.729. The number of allylic oxidation sites excluding steroid dienone is 1. The Bertz CT molecular complexity index is 866. The summed E-state index contributed by atoms with van der Waals surface area (Å²) in [5.74, 6) is 0.817. The summed E-state index contributed by atoms with van der Waals surface area (Å²) in [5.41, 5.74) is 3.90. The van der Waals surface area contributed by atoms with Crippen molar-refractivity contribution in [3.63, 3.8) is 0 Å². The fraction of sp³-hybridized carbons (Fsp3) is 0.0455. The van der Waals surface area contributed by atoms with Crippen molar-refractivity contribution in [3.05, 3.63) is 101 Å². The van der Waals surface area contributed by atoms with Crippen molar-refractivity contribution in [3.8, 4) is 5.75 Å². The summed E-state index contributed by atoms with van der Waals surface area (Å²) in [6, 6.07) is 25.5. The first kappa shape index (κ1) is 17.0. The zero-order valence-electron chi connectivity index (χ0n) is 13.9. The molecule has 0 N–H and O–H groups in total. The Balaban J connectivity index is 1.94. The van der Waals surface area contributed by atoms with Crippen molar-refractivity contribution in [2.75, 3.05) is 7.11 Å². The largest absolute Gasteiger partial charge is 0.497 e. The van der Waals surface area contributed by atoms with E-state index in [1.165, 1.54) is 0 Å². The molecule has 0 aromatic heterocycles. The summed E-state index contributed by atoms with van der Waals surface area (Å²) in [5, 5.41) is 0.729. The molecule has 0 fully saturated rings. The lowest BCUT2D eigenvalue weighted by atomic mass is 10.1. The standard InChI is InChI=1S/C22H18ClNO/c1-25-21-14-12-20(13-15-21)24-22(18-5-3-2-4-6-18)16-9-17-7-10-19(23)11-8-17/h2-16H,1H3/b16-9+,24-22?. The molecule has 0 saturated heterocycles. The van der Waals surface area contributed by atoms with Gasteiger partial charge in [-0.1, -0.05) is 60.1 Å². The van der Waals surface area contributed by atoms with E-state index < -0.39 is 0 Å². The first-order valence-electron chi connectivity index (χ1n) is 7.96. The first-order chi connectivity index (χ1) is 12.2. The maximum Gasteiger partial charge on any atom is 0.119 e. The molecule has 25 heavy (non-hydrogen) atoms. The summed E-state index contributed by atoms with van der Waals surface area (Å²) >= 11 is 5.94. The average molecular weight is 348 g/mol. The van der Waals surface area contributed by atoms with Crippen LogP contribution in [0.15, 0.2) is 89.9 Å². The van der Waals surface area contributed by atoms with Crippen LogP contribution in [-0.4, -0.2) is 12.8 Å². The first-order valence-corrected chi connectivity index (χ1v) is 8.34. The van der Waals surface area contributed by atoms with E-state index in [-0.39, 0.29) is 0 Å². The minimum Gasteiger partial charge on any atom is -0.497 e. The van der Waals surface area contributed by atoms with Crippen molar-refractivity contribution in [2.45, 2.75) is 0 Å². The van der Waals surface area contributed by atoms with Gasteiger partial charge in [0.2, 0.25) is 0 Å². The SMILES string of the molecule is COc1ccc(N=C(/C=C/c2ccc(Cl)cc2)c2ccccc2)cc1. The molecule has 3 heteroatoms. The maximum absolute atomic E-state index is 5.94. The predicted octanol–water partition coefficient (Wildman–Crippen LogP) is 6.18. The summed E-state index contributed by atoms with van der Waals surface area (Å²) in [6.45, 7) is 0. The van der Waals surface area contributed by atoms with Crippen molar-refractivity contribution < 1.29 is 4.74 Å². The summed E-state index contributed by atoms with van der Waals surface area (Å²) in [4.78, 5) is 4.79. The van der Waals surface area contributed by atoms with Gasteiger partial charge in [0.05, 0.1) is 18.5 Å². The van der Waals surface area contributed by atoms with E-state index in [0.717, 1.165) is 33.3 Å². The van der Waals surface area contributed by atoms with E-state index >= 15 is 0 Å². The quantitative estimate of drug-likeness (QED) is 0.505. The third-order valence-electron chi connectivity index (χ3n) is 3.70. The highest BCUT2D eigenvalue weighted by Gasteiger charge is 2.01. The molecule has 0 saturated carbocycles. The minimum atomic E-state index is 0.729. The van der Waals surface area contributed by atoms with Gasteiger partial charge in [-0.05, 0) is 48.0 Å². The Hall–Kier alpha value is -2.84. The third-order valence-corrected chi connectivity index (χ3v) is 3.95. The van der Waals surface area contributed by atoms with Crippen LogP contribution >= 0.6 is 11.6 Å². The van der Waals surface area contributed by atoms with Crippen LogP contribution in [0.5, 0.6) is 5.75 Å². The van der Waals surface area contributed by atoms with Crippen LogP contribution in [-0.2, 0) is 0 Å². The zero-order valence-corrected chi connectivity index (χ0v) is 14.6. The van der Waals surface area contributed by atoms with Crippen LogP contribution in [0.4, 0.5) is 5.69 Å². The van der Waals surface area contributed by atoms with E-state index in [1.807, 2.05) is 78.9 Å². The highest BCUT2D eigenvalue weighted by atomic mass is 35.5. The molecule has 3 rings (SSSR count). The molecule has 0 spiro atoms. The van der Waals surface area contributed by atoms with Gasteiger partial charge in [0.1, 0.15) is 5.75 Å². The molecule has 0 radical (unpaired) electrons. The van der Waals surface area contributed by atoms with Gasteiger partial charge in [-0.25, -0.2) is 4.99 Å². The lowest BCUT2D eigenvalue weighted by molar-refractivity contribution is 0.415. The number of rotatable bonds is 5. The number of halogens is 1. The lowest BCUT2D eigenvalue weighted by Gasteiger charge is -2.04. The van der Waals surface area contributed by atoms with Gasteiger partial charge in [0.25, 0.3) is 0 Å². The second-order valence-corrected chi connectivity index (χ2v) is 5.88. The Labute approximate surface area is 153 Å². The van der Waals surface area contributed by atoms with Crippen LogP contribution in [0.25, 0.3) is 6.08 Å². The van der Waals surface area contributed by atoms with Crippen molar-refractivity contribution in [1.82, 2.24) is 0 Å². The predicted molar refractivity (Wildman–Crippen MR) is 106 cm³/mol. The van der Waals surface area contributed by atoms with E-state index in [0.29, 0.717) is 0 Å². The van der Waals surface area contributed by atoms with Crippen LogP contribution in [0.1, 0.15) is 11.1 Å². The Morgan fingerprint density at radius 2 is 1.56 bits per heavy atom. The van der Waals surface area contributed by atoms with Crippen LogP contribution in [0.3, 0.4) is 0 Å². The lowest BCUT2D eigenvalue weighted by Crippen LogP contribution is -1.95. The molecule has 124 valence electrons. The van der Waals surface area contributed by atoms with Crippen LogP contribution < -0.4 is 4.74 Å². The zero-order chi connectivity index (χ0) is 17.5. The van der Waals surface area contributed by atoms with Gasteiger partial charge in [-0.15, -0.1) is 0 Å². The number of aliphatic imine (C=N–C) groups is 1.